The van der Waals surface area contributed by atoms with Gasteiger partial charge in [-0.1, -0.05) is 69.2 Å². The minimum Gasteiger partial charge on any atom is -0.392 e. The molecular weight excluding hydrogens is 671 g/mol. The molecule has 4 atom stereocenters. The number of aryl methyl sites for hydroxylation is 1. The maximum absolute atomic E-state index is 11.4. The van der Waals surface area contributed by atoms with Gasteiger partial charge in [-0.15, -0.1) is 35.9 Å². The minimum atomic E-state index is -0.239. The summed E-state index contributed by atoms with van der Waals surface area (Å²) in [6.07, 6.45) is 17.1. The zero-order valence-electron chi connectivity index (χ0n) is 24.1. The van der Waals surface area contributed by atoms with Crippen molar-refractivity contribution in [2.24, 2.45) is 22.7 Å². The van der Waals surface area contributed by atoms with E-state index in [1.807, 2.05) is 30.3 Å². The predicted octanol–water partition coefficient (Wildman–Crippen LogP) is 8.44. The molecule has 4 aliphatic rings. The summed E-state index contributed by atoms with van der Waals surface area (Å²) in [7, 11) is 0. The van der Waals surface area contributed by atoms with Crippen molar-refractivity contribution >= 4 is 10.9 Å². The number of aliphatic hydroxyl groups excluding tert-OH is 2. The summed E-state index contributed by atoms with van der Waals surface area (Å²) in [6, 6.07) is 21.6. The number of fused-ring (bicyclic) bond motifs is 2. The van der Waals surface area contributed by atoms with Gasteiger partial charge in [0.2, 0.25) is 0 Å². The monoisotopic (exact) mass is 717 g/mol. The van der Waals surface area contributed by atoms with Gasteiger partial charge in [-0.25, -0.2) is 0 Å². The molecule has 3 nitrogen and oxygen atoms in total. The van der Waals surface area contributed by atoms with Crippen molar-refractivity contribution in [1.29, 1.82) is 0 Å². The summed E-state index contributed by atoms with van der Waals surface area (Å²) in [5.41, 5.74) is 4.61. The third kappa shape index (κ3) is 5.84. The normalized spacial score (nSPS) is 28.7. The Bertz CT molecular complexity index is 1250. The molecule has 2 aromatic carbocycles. The Morgan fingerprint density at radius 1 is 0.775 bits per heavy atom. The van der Waals surface area contributed by atoms with Crippen molar-refractivity contribution in [3.05, 3.63) is 66.2 Å². The number of aromatic nitrogens is 1. The van der Waals surface area contributed by atoms with Crippen LogP contribution in [-0.2, 0) is 20.1 Å². The van der Waals surface area contributed by atoms with E-state index in [4.69, 9.17) is 0 Å². The van der Waals surface area contributed by atoms with Crippen LogP contribution >= 0.6 is 0 Å². The molecule has 4 unspecified atom stereocenters. The molecule has 3 aromatic rings. The average molecular weight is 717 g/mol. The molecule has 4 saturated carbocycles. The van der Waals surface area contributed by atoms with Crippen LogP contribution in [0.2, 0.25) is 0 Å². The largest absolute Gasteiger partial charge is 0.392 e. The third-order valence-electron chi connectivity index (χ3n) is 11.0. The molecule has 4 aliphatic carbocycles. The number of benzene rings is 2. The third-order valence-corrected chi connectivity index (χ3v) is 11.0. The molecule has 7 rings (SSSR count). The summed E-state index contributed by atoms with van der Waals surface area (Å²) < 4.78 is 0. The summed E-state index contributed by atoms with van der Waals surface area (Å²) in [4.78, 5) is 4.68. The molecule has 217 valence electrons. The molecule has 1 aromatic heterocycles. The van der Waals surface area contributed by atoms with Crippen LogP contribution in [0.15, 0.2) is 54.6 Å². The van der Waals surface area contributed by atoms with Gasteiger partial charge in [-0.3, -0.25) is 4.98 Å². The molecule has 40 heavy (non-hydrogen) atoms. The predicted molar refractivity (Wildman–Crippen MR) is 159 cm³/mol. The van der Waals surface area contributed by atoms with E-state index >= 15 is 0 Å². The van der Waals surface area contributed by atoms with Crippen molar-refractivity contribution in [1.82, 2.24) is 4.98 Å². The van der Waals surface area contributed by atoms with Gasteiger partial charge in [0.05, 0.1) is 17.7 Å². The van der Waals surface area contributed by atoms with Crippen LogP contribution in [0.1, 0.15) is 95.5 Å². The summed E-state index contributed by atoms with van der Waals surface area (Å²) in [5.74, 6) is 0.767. The molecule has 0 aliphatic heterocycles. The number of pyridine rings is 1. The van der Waals surface area contributed by atoms with E-state index in [0.29, 0.717) is 5.92 Å². The van der Waals surface area contributed by atoms with Crippen molar-refractivity contribution in [2.75, 3.05) is 0 Å². The smallest absolute Gasteiger partial charge is 0.0652 e. The van der Waals surface area contributed by atoms with Crippen LogP contribution in [-0.4, -0.2) is 27.4 Å². The second-order valence-electron chi connectivity index (χ2n) is 13.3. The van der Waals surface area contributed by atoms with Crippen molar-refractivity contribution in [3.63, 3.8) is 0 Å². The van der Waals surface area contributed by atoms with Gasteiger partial charge >= 0.3 is 0 Å². The minimum absolute atomic E-state index is 0. The van der Waals surface area contributed by atoms with Crippen molar-refractivity contribution in [3.8, 4) is 11.3 Å². The Morgan fingerprint density at radius 3 is 2.12 bits per heavy atom. The zero-order chi connectivity index (χ0) is 26.9. The summed E-state index contributed by atoms with van der Waals surface area (Å²) in [6.45, 7) is 2.09. The summed E-state index contributed by atoms with van der Waals surface area (Å²) >= 11 is 0. The van der Waals surface area contributed by atoms with E-state index in [-0.39, 0.29) is 49.1 Å². The molecular formula is C36H46IrNO2-. The summed E-state index contributed by atoms with van der Waals surface area (Å²) in [5, 5.41) is 23.8. The van der Waals surface area contributed by atoms with Crippen molar-refractivity contribution < 1.29 is 30.3 Å². The van der Waals surface area contributed by atoms with Gasteiger partial charge in [0.25, 0.3) is 0 Å². The Hall–Kier alpha value is -1.58. The number of nitrogens with zero attached hydrogens (tertiary/aromatic N) is 1. The molecule has 4 fully saturated rings. The Kier molecular flexibility index (Phi) is 9.52. The SMILES string of the molecule is Cc1ccc2ccc(-c3[c-]cccc3)nc2c1.OC1C2C(CCCC13CCCCC3)CC1(CCCCC1)C2O.[Ir]. The van der Waals surface area contributed by atoms with E-state index in [1.165, 1.54) is 101 Å². The number of aliphatic hydroxyl groups is 2. The van der Waals surface area contributed by atoms with Gasteiger partial charge in [-0.05, 0) is 91.3 Å². The molecule has 4 heteroatoms. The maximum Gasteiger partial charge on any atom is 0.0652 e. The first-order valence-electron chi connectivity index (χ1n) is 15.7. The quantitative estimate of drug-likeness (QED) is 0.249. The van der Waals surface area contributed by atoms with E-state index in [1.54, 1.807) is 0 Å². The van der Waals surface area contributed by atoms with Gasteiger partial charge in [0.15, 0.2) is 0 Å². The fourth-order valence-electron chi connectivity index (χ4n) is 8.93. The van der Waals surface area contributed by atoms with Crippen LogP contribution in [0.25, 0.3) is 22.2 Å². The van der Waals surface area contributed by atoms with E-state index in [9.17, 15) is 10.2 Å². The first-order chi connectivity index (χ1) is 19.0. The molecule has 2 spiro atoms. The Morgan fingerprint density at radius 2 is 1.43 bits per heavy atom. The van der Waals surface area contributed by atoms with Crippen LogP contribution in [0, 0.1) is 35.7 Å². The zero-order valence-corrected chi connectivity index (χ0v) is 26.5. The van der Waals surface area contributed by atoms with Gasteiger partial charge < -0.3 is 10.2 Å². The van der Waals surface area contributed by atoms with E-state index < -0.39 is 0 Å². The molecule has 1 heterocycles. The number of rotatable bonds is 1. The first kappa shape index (κ1) is 29.9. The van der Waals surface area contributed by atoms with Crippen LogP contribution in [0.4, 0.5) is 0 Å². The molecule has 0 saturated heterocycles. The van der Waals surface area contributed by atoms with Gasteiger partial charge in [0, 0.05) is 26.0 Å². The number of hydrogen-bond donors (Lipinski definition) is 2. The molecule has 0 amide bonds. The van der Waals surface area contributed by atoms with E-state index in [2.05, 4.69) is 42.2 Å². The Balaban J connectivity index is 0.000000162. The van der Waals surface area contributed by atoms with Crippen molar-refractivity contribution in [2.45, 2.75) is 109 Å². The van der Waals surface area contributed by atoms with Gasteiger partial charge in [0.1, 0.15) is 0 Å². The molecule has 2 N–H and O–H groups in total. The second-order valence-corrected chi connectivity index (χ2v) is 13.3. The molecule has 1 radical (unpaired) electrons. The van der Waals surface area contributed by atoms with Crippen LogP contribution in [0.3, 0.4) is 0 Å². The first-order valence-corrected chi connectivity index (χ1v) is 15.7. The number of hydrogen-bond acceptors (Lipinski definition) is 3. The topological polar surface area (TPSA) is 53.4 Å². The fourth-order valence-corrected chi connectivity index (χ4v) is 8.93. The molecule has 0 bridgehead atoms. The second kappa shape index (κ2) is 12.7. The van der Waals surface area contributed by atoms with E-state index in [0.717, 1.165) is 16.8 Å². The standard InChI is InChI=1S/C20H34O2.C16H12N.Ir/c21-17-16-15(8-7-13-19(17)9-3-1-4-10-19)14-20(18(16)22)11-5-2-6-12-20;1-12-7-8-14-9-10-15(17-16(14)11-12)13-5-3-2-4-6-13;/h15-18,21-22H,1-14H2;2-5,7-11H,1H3;/q;-1;. The average Bonchev–Trinajstić information content (AvgIpc) is 3.16. The fraction of sp³-hybridized carbons (Fsp3) is 0.583. The van der Waals surface area contributed by atoms with Crippen LogP contribution in [0.5, 0.6) is 0 Å². The van der Waals surface area contributed by atoms with Crippen LogP contribution < -0.4 is 0 Å². The van der Waals surface area contributed by atoms with Gasteiger partial charge in [-0.2, -0.15) is 0 Å². The Labute approximate surface area is 254 Å². The maximum atomic E-state index is 11.4.